The number of aryl methyl sites for hydroxylation is 1. The van der Waals surface area contributed by atoms with Crippen LogP contribution in [0.5, 0.6) is 0 Å². The summed E-state index contributed by atoms with van der Waals surface area (Å²) >= 11 is 0. The summed E-state index contributed by atoms with van der Waals surface area (Å²) in [6.07, 6.45) is 11.4. The van der Waals surface area contributed by atoms with Crippen molar-refractivity contribution < 1.29 is 0 Å². The number of H-pyrrole nitrogens is 1. The first-order chi connectivity index (χ1) is 11.3. The standard InChI is InChI=1S/C16H19N7/c1-12-14(21-11-20-12)15-17-7-9-23(15)13-4-2-8-22(10-13)16-18-5-3-6-19-16/h3,5-7,9,11,13H,2,4,8,10H2,1H3,(H,20,21)/t13-/m0/s1. The van der Waals surface area contributed by atoms with Crippen LogP contribution in [0.25, 0.3) is 11.5 Å². The van der Waals surface area contributed by atoms with Crippen LogP contribution in [0.2, 0.25) is 0 Å². The summed E-state index contributed by atoms with van der Waals surface area (Å²) in [5, 5.41) is 0. The lowest BCUT2D eigenvalue weighted by Crippen LogP contribution is -2.37. The van der Waals surface area contributed by atoms with Crippen LogP contribution in [-0.4, -0.2) is 42.6 Å². The Bertz CT molecular complexity index is 777. The number of aromatic nitrogens is 6. The highest BCUT2D eigenvalue weighted by Gasteiger charge is 2.25. The topological polar surface area (TPSA) is 75.5 Å². The van der Waals surface area contributed by atoms with Gasteiger partial charge in [0.2, 0.25) is 5.95 Å². The van der Waals surface area contributed by atoms with Gasteiger partial charge in [0, 0.05) is 43.6 Å². The minimum Gasteiger partial charge on any atom is -0.348 e. The molecule has 1 saturated heterocycles. The Morgan fingerprint density at radius 2 is 2.00 bits per heavy atom. The zero-order chi connectivity index (χ0) is 15.6. The quantitative estimate of drug-likeness (QED) is 0.803. The Morgan fingerprint density at radius 3 is 2.78 bits per heavy atom. The molecule has 0 bridgehead atoms. The van der Waals surface area contributed by atoms with E-state index in [-0.39, 0.29) is 0 Å². The van der Waals surface area contributed by atoms with Crippen molar-refractivity contribution in [1.29, 1.82) is 0 Å². The predicted molar refractivity (Wildman–Crippen MR) is 87.1 cm³/mol. The zero-order valence-corrected chi connectivity index (χ0v) is 13.1. The fraction of sp³-hybridized carbons (Fsp3) is 0.375. The number of hydrogen-bond donors (Lipinski definition) is 1. The summed E-state index contributed by atoms with van der Waals surface area (Å²) in [4.78, 5) is 23.1. The highest BCUT2D eigenvalue weighted by atomic mass is 15.3. The molecule has 23 heavy (non-hydrogen) atoms. The van der Waals surface area contributed by atoms with Gasteiger partial charge in [0.25, 0.3) is 0 Å². The van der Waals surface area contributed by atoms with E-state index in [1.165, 1.54) is 0 Å². The molecule has 1 N–H and O–H groups in total. The third-order valence-corrected chi connectivity index (χ3v) is 4.34. The first-order valence-electron chi connectivity index (χ1n) is 7.88. The Kier molecular flexibility index (Phi) is 3.53. The highest BCUT2D eigenvalue weighted by molar-refractivity contribution is 5.53. The predicted octanol–water partition coefficient (Wildman–Crippen LogP) is 2.21. The number of imidazole rings is 2. The molecule has 0 aromatic carbocycles. The van der Waals surface area contributed by atoms with Gasteiger partial charge < -0.3 is 14.5 Å². The second-order valence-electron chi connectivity index (χ2n) is 5.83. The summed E-state index contributed by atoms with van der Waals surface area (Å²) in [6, 6.07) is 2.19. The van der Waals surface area contributed by atoms with E-state index in [2.05, 4.69) is 34.4 Å². The van der Waals surface area contributed by atoms with Gasteiger partial charge >= 0.3 is 0 Å². The molecular formula is C16H19N7. The molecule has 0 spiro atoms. The molecule has 118 valence electrons. The molecule has 0 amide bonds. The van der Waals surface area contributed by atoms with Gasteiger partial charge in [0.15, 0.2) is 5.82 Å². The molecule has 4 heterocycles. The van der Waals surface area contributed by atoms with E-state index in [0.717, 1.165) is 49.1 Å². The third-order valence-electron chi connectivity index (χ3n) is 4.34. The molecule has 4 rings (SSSR count). The Balaban J connectivity index is 1.62. The van der Waals surface area contributed by atoms with Gasteiger partial charge in [-0.1, -0.05) is 0 Å². The van der Waals surface area contributed by atoms with Crippen molar-refractivity contribution in [2.75, 3.05) is 18.0 Å². The Hall–Kier alpha value is -2.70. The van der Waals surface area contributed by atoms with E-state index < -0.39 is 0 Å². The molecule has 1 atom stereocenters. The van der Waals surface area contributed by atoms with Gasteiger partial charge in [-0.2, -0.15) is 0 Å². The lowest BCUT2D eigenvalue weighted by molar-refractivity contribution is 0.404. The highest BCUT2D eigenvalue weighted by Crippen LogP contribution is 2.28. The molecule has 3 aromatic rings. The molecule has 1 aliphatic rings. The number of rotatable bonds is 3. The molecule has 0 radical (unpaired) electrons. The van der Waals surface area contributed by atoms with Gasteiger partial charge in [-0.15, -0.1) is 0 Å². The fourth-order valence-electron chi connectivity index (χ4n) is 3.19. The van der Waals surface area contributed by atoms with E-state index in [4.69, 9.17) is 0 Å². The van der Waals surface area contributed by atoms with Gasteiger partial charge in [-0.05, 0) is 25.8 Å². The molecule has 0 saturated carbocycles. The maximum atomic E-state index is 4.52. The summed E-state index contributed by atoms with van der Waals surface area (Å²) in [5.41, 5.74) is 1.96. The van der Waals surface area contributed by atoms with Crippen LogP contribution in [0.1, 0.15) is 24.6 Å². The van der Waals surface area contributed by atoms with E-state index in [9.17, 15) is 0 Å². The monoisotopic (exact) mass is 309 g/mol. The maximum Gasteiger partial charge on any atom is 0.225 e. The molecule has 0 unspecified atom stereocenters. The second kappa shape index (κ2) is 5.83. The lowest BCUT2D eigenvalue weighted by Gasteiger charge is -2.33. The van der Waals surface area contributed by atoms with Gasteiger partial charge in [0.05, 0.1) is 12.4 Å². The van der Waals surface area contributed by atoms with Crippen molar-refractivity contribution in [1.82, 2.24) is 29.5 Å². The van der Waals surface area contributed by atoms with E-state index >= 15 is 0 Å². The van der Waals surface area contributed by atoms with Crippen molar-refractivity contribution in [3.8, 4) is 11.5 Å². The molecular weight excluding hydrogens is 290 g/mol. The maximum absolute atomic E-state index is 4.52. The Morgan fingerprint density at radius 1 is 1.13 bits per heavy atom. The molecule has 7 nitrogen and oxygen atoms in total. The van der Waals surface area contributed by atoms with Crippen LogP contribution < -0.4 is 4.90 Å². The SMILES string of the molecule is Cc1[nH]cnc1-c1nccn1[C@H]1CCCN(c2ncccn2)C1. The summed E-state index contributed by atoms with van der Waals surface area (Å²) < 4.78 is 2.23. The third kappa shape index (κ3) is 2.58. The molecule has 1 fully saturated rings. The van der Waals surface area contributed by atoms with Crippen molar-refractivity contribution in [3.05, 3.63) is 42.9 Å². The fourth-order valence-corrected chi connectivity index (χ4v) is 3.19. The zero-order valence-electron chi connectivity index (χ0n) is 13.1. The number of nitrogens with zero attached hydrogens (tertiary/aromatic N) is 6. The number of anilines is 1. The van der Waals surface area contributed by atoms with Crippen LogP contribution in [0.4, 0.5) is 5.95 Å². The first kappa shape index (κ1) is 13.9. The summed E-state index contributed by atoms with van der Waals surface area (Å²) in [7, 11) is 0. The van der Waals surface area contributed by atoms with E-state index in [1.54, 1.807) is 18.7 Å². The number of nitrogens with one attached hydrogen (secondary N) is 1. The van der Waals surface area contributed by atoms with Crippen molar-refractivity contribution in [3.63, 3.8) is 0 Å². The summed E-state index contributed by atoms with van der Waals surface area (Å²) in [6.45, 7) is 3.90. The van der Waals surface area contributed by atoms with E-state index in [0.29, 0.717) is 6.04 Å². The summed E-state index contributed by atoms with van der Waals surface area (Å²) in [5.74, 6) is 1.72. The van der Waals surface area contributed by atoms with Crippen LogP contribution in [0, 0.1) is 6.92 Å². The minimum absolute atomic E-state index is 0.348. The van der Waals surface area contributed by atoms with Crippen LogP contribution in [0.3, 0.4) is 0 Å². The average molecular weight is 309 g/mol. The largest absolute Gasteiger partial charge is 0.348 e. The van der Waals surface area contributed by atoms with Crippen molar-refractivity contribution >= 4 is 5.95 Å². The van der Waals surface area contributed by atoms with Crippen LogP contribution in [-0.2, 0) is 0 Å². The van der Waals surface area contributed by atoms with Crippen molar-refractivity contribution in [2.24, 2.45) is 0 Å². The van der Waals surface area contributed by atoms with Crippen LogP contribution in [0.15, 0.2) is 37.2 Å². The number of piperidine rings is 1. The smallest absolute Gasteiger partial charge is 0.225 e. The van der Waals surface area contributed by atoms with Gasteiger partial charge in [-0.3, -0.25) is 0 Å². The first-order valence-corrected chi connectivity index (χ1v) is 7.88. The minimum atomic E-state index is 0.348. The molecule has 7 heteroatoms. The second-order valence-corrected chi connectivity index (χ2v) is 5.83. The van der Waals surface area contributed by atoms with Crippen molar-refractivity contribution in [2.45, 2.75) is 25.8 Å². The molecule has 3 aromatic heterocycles. The Labute approximate surface area is 134 Å². The lowest BCUT2D eigenvalue weighted by atomic mass is 10.1. The normalized spacial score (nSPS) is 18.3. The molecule has 0 aliphatic carbocycles. The average Bonchev–Trinajstić information content (AvgIpc) is 3.24. The van der Waals surface area contributed by atoms with E-state index in [1.807, 2.05) is 25.4 Å². The number of hydrogen-bond acceptors (Lipinski definition) is 5. The molecule has 1 aliphatic heterocycles. The number of aromatic amines is 1. The van der Waals surface area contributed by atoms with Gasteiger partial charge in [0.1, 0.15) is 5.69 Å². The van der Waals surface area contributed by atoms with Crippen LogP contribution >= 0.6 is 0 Å². The van der Waals surface area contributed by atoms with Gasteiger partial charge in [-0.25, -0.2) is 19.9 Å².